The number of aliphatic imine (C=N–C) groups is 1. The molecule has 0 aliphatic rings. The number of nitrogens with two attached hydrogens (primary N) is 2. The predicted molar refractivity (Wildman–Crippen MR) is 56.2 cm³/mol. The van der Waals surface area contributed by atoms with Gasteiger partial charge in [-0.05, 0) is 24.3 Å². The maximum Gasteiger partial charge on any atom is 0.340 e. The topological polar surface area (TPSA) is 94.6 Å². The Bertz CT molecular complexity index is 343. The van der Waals surface area contributed by atoms with Gasteiger partial charge in [0.1, 0.15) is 11.6 Å². The molecule has 1 rings (SSSR count). The zero-order valence-corrected chi connectivity index (χ0v) is 8.03. The van der Waals surface area contributed by atoms with Crippen LogP contribution in [0.25, 0.3) is 6.08 Å². The number of halogens is 1. The summed E-state index contributed by atoms with van der Waals surface area (Å²) in [6, 6.07) is 2.66. The summed E-state index contributed by atoms with van der Waals surface area (Å²) in [5, 5.41) is 0. The van der Waals surface area contributed by atoms with E-state index in [0.29, 0.717) is 5.76 Å². The van der Waals surface area contributed by atoms with E-state index >= 15 is 0 Å². The van der Waals surface area contributed by atoms with E-state index in [1.165, 1.54) is 12.3 Å². The molecule has 1 aromatic heterocycles. The Labute approximate surface area is 86.9 Å². The van der Waals surface area contributed by atoms with Gasteiger partial charge in [-0.3, -0.25) is 0 Å². The highest BCUT2D eigenvalue weighted by Crippen LogP contribution is 2.01. The molecular weight excluding hydrogens is 206 g/mol. The average Bonchev–Trinajstić information content (AvgIpc) is 2.51. The highest BCUT2D eigenvalue weighted by molar-refractivity contribution is 6.01. The van der Waals surface area contributed by atoms with Gasteiger partial charge in [0, 0.05) is 0 Å². The maximum atomic E-state index is 10.3. The number of primary amides is 1. The van der Waals surface area contributed by atoms with Crippen molar-refractivity contribution in [3.8, 4) is 0 Å². The normalized spacial score (nSPS) is 11.3. The number of urea groups is 1. The highest BCUT2D eigenvalue weighted by Gasteiger charge is 1.91. The van der Waals surface area contributed by atoms with Crippen LogP contribution >= 0.6 is 12.4 Å². The van der Waals surface area contributed by atoms with Crippen molar-refractivity contribution in [2.75, 3.05) is 0 Å². The van der Waals surface area contributed by atoms with Crippen LogP contribution < -0.4 is 11.5 Å². The van der Waals surface area contributed by atoms with E-state index < -0.39 is 6.03 Å². The summed E-state index contributed by atoms with van der Waals surface area (Å²) in [5.41, 5.74) is 10.1. The Kier molecular flexibility index (Phi) is 5.09. The molecule has 0 saturated heterocycles. The molecule has 0 spiro atoms. The second-order valence-electron chi connectivity index (χ2n) is 2.22. The fourth-order valence-corrected chi connectivity index (χ4v) is 0.718. The monoisotopic (exact) mass is 215 g/mol. The molecule has 6 heteroatoms. The van der Waals surface area contributed by atoms with Gasteiger partial charge in [-0.2, -0.15) is 4.99 Å². The first-order valence-electron chi connectivity index (χ1n) is 3.53. The molecule has 1 aromatic rings. The molecule has 0 saturated carbocycles. The third-order valence-corrected chi connectivity index (χ3v) is 1.20. The molecule has 1 heterocycles. The Balaban J connectivity index is 0.00000169. The molecule has 0 unspecified atom stereocenters. The third kappa shape index (κ3) is 4.32. The lowest BCUT2D eigenvalue weighted by molar-refractivity contribution is 0.256. The van der Waals surface area contributed by atoms with Crippen molar-refractivity contribution in [1.29, 1.82) is 0 Å². The molecule has 0 atom stereocenters. The van der Waals surface area contributed by atoms with Crippen LogP contribution in [-0.4, -0.2) is 11.9 Å². The molecule has 0 aliphatic carbocycles. The minimum atomic E-state index is -0.818. The van der Waals surface area contributed by atoms with Crippen molar-refractivity contribution in [3.63, 3.8) is 0 Å². The van der Waals surface area contributed by atoms with E-state index in [0.717, 1.165) is 0 Å². The number of amides is 2. The first-order valence-corrected chi connectivity index (χ1v) is 3.53. The number of nitrogens with zero attached hydrogens (tertiary/aromatic N) is 1. The summed E-state index contributed by atoms with van der Waals surface area (Å²) in [7, 11) is 0. The smallest absolute Gasteiger partial charge is 0.340 e. The molecule has 14 heavy (non-hydrogen) atoms. The van der Waals surface area contributed by atoms with Gasteiger partial charge in [0.05, 0.1) is 6.26 Å². The van der Waals surface area contributed by atoms with Crippen molar-refractivity contribution < 1.29 is 9.21 Å². The fourth-order valence-electron chi connectivity index (χ4n) is 0.718. The molecule has 0 aliphatic heterocycles. The Morgan fingerprint density at radius 2 is 2.21 bits per heavy atom. The number of hydrogen-bond donors (Lipinski definition) is 2. The zero-order valence-electron chi connectivity index (χ0n) is 7.21. The molecule has 4 N–H and O–H groups in total. The van der Waals surface area contributed by atoms with Gasteiger partial charge in [-0.15, -0.1) is 12.4 Å². The second kappa shape index (κ2) is 5.82. The second-order valence-corrected chi connectivity index (χ2v) is 2.22. The van der Waals surface area contributed by atoms with Crippen molar-refractivity contribution in [1.82, 2.24) is 0 Å². The van der Waals surface area contributed by atoms with Crippen molar-refractivity contribution >= 4 is 30.3 Å². The molecule has 0 radical (unpaired) electrons. The van der Waals surface area contributed by atoms with Crippen LogP contribution in [0.5, 0.6) is 0 Å². The summed E-state index contributed by atoms with van der Waals surface area (Å²) >= 11 is 0. The summed E-state index contributed by atoms with van der Waals surface area (Å²) in [6.45, 7) is 0. The minimum absolute atomic E-state index is 0. The number of rotatable bonds is 2. The van der Waals surface area contributed by atoms with Crippen LogP contribution in [0.4, 0.5) is 4.79 Å². The average molecular weight is 216 g/mol. The predicted octanol–water partition coefficient (Wildman–Crippen LogP) is 1.15. The van der Waals surface area contributed by atoms with E-state index in [9.17, 15) is 4.79 Å². The van der Waals surface area contributed by atoms with Gasteiger partial charge in [-0.1, -0.05) is 0 Å². The third-order valence-electron chi connectivity index (χ3n) is 1.20. The van der Waals surface area contributed by atoms with E-state index in [1.54, 1.807) is 18.2 Å². The summed E-state index contributed by atoms with van der Waals surface area (Å²) in [6.07, 6.45) is 4.55. The van der Waals surface area contributed by atoms with Gasteiger partial charge in [0.2, 0.25) is 0 Å². The molecule has 0 fully saturated rings. The van der Waals surface area contributed by atoms with Gasteiger partial charge in [-0.25, -0.2) is 4.79 Å². The molecule has 2 amide bonds. The van der Waals surface area contributed by atoms with Crippen LogP contribution in [0.15, 0.2) is 33.9 Å². The Morgan fingerprint density at radius 3 is 2.71 bits per heavy atom. The lowest BCUT2D eigenvalue weighted by Crippen LogP contribution is -2.14. The van der Waals surface area contributed by atoms with Crippen LogP contribution in [0.3, 0.4) is 0 Å². The quantitative estimate of drug-likeness (QED) is 0.572. The number of carbonyl (C=O) groups excluding carboxylic acids is 1. The highest BCUT2D eigenvalue weighted by atomic mass is 35.5. The van der Waals surface area contributed by atoms with E-state index in [1.807, 2.05) is 0 Å². The standard InChI is InChI=1S/C8H9N3O2.ClH/c9-7(11-8(10)12)4-3-6-2-1-5-13-6;/h1-5H,(H4,9,10,11,12);1H/b4-3+;. The van der Waals surface area contributed by atoms with Crippen LogP contribution in [0.2, 0.25) is 0 Å². The van der Waals surface area contributed by atoms with E-state index in [2.05, 4.69) is 4.99 Å². The number of carbonyl (C=O) groups is 1. The van der Waals surface area contributed by atoms with Crippen molar-refractivity contribution in [2.45, 2.75) is 0 Å². The van der Waals surface area contributed by atoms with Gasteiger partial charge >= 0.3 is 6.03 Å². The lowest BCUT2D eigenvalue weighted by atomic mass is 10.4. The van der Waals surface area contributed by atoms with Crippen LogP contribution in [0.1, 0.15) is 5.76 Å². The van der Waals surface area contributed by atoms with Gasteiger partial charge in [0.25, 0.3) is 0 Å². The Hall–Kier alpha value is -1.75. The minimum Gasteiger partial charge on any atom is -0.465 e. The number of amidine groups is 1. The van der Waals surface area contributed by atoms with Gasteiger partial charge in [0.15, 0.2) is 0 Å². The summed E-state index contributed by atoms with van der Waals surface area (Å²) < 4.78 is 4.98. The molecule has 0 aromatic carbocycles. The lowest BCUT2D eigenvalue weighted by Gasteiger charge is -1.87. The largest absolute Gasteiger partial charge is 0.465 e. The summed E-state index contributed by atoms with van der Waals surface area (Å²) in [5.74, 6) is 0.673. The molecule has 5 nitrogen and oxygen atoms in total. The van der Waals surface area contributed by atoms with Gasteiger partial charge < -0.3 is 15.9 Å². The first-order chi connectivity index (χ1) is 6.18. The number of furan rings is 1. The molecular formula is C8H10ClN3O2. The Morgan fingerprint density at radius 1 is 1.50 bits per heavy atom. The van der Waals surface area contributed by atoms with E-state index in [-0.39, 0.29) is 18.2 Å². The van der Waals surface area contributed by atoms with Crippen LogP contribution in [-0.2, 0) is 0 Å². The molecule has 76 valence electrons. The number of hydrogen-bond acceptors (Lipinski definition) is 2. The van der Waals surface area contributed by atoms with Crippen molar-refractivity contribution in [2.24, 2.45) is 16.5 Å². The zero-order chi connectivity index (χ0) is 9.68. The van der Waals surface area contributed by atoms with Crippen LogP contribution in [0, 0.1) is 0 Å². The first kappa shape index (κ1) is 12.2. The summed E-state index contributed by atoms with van der Waals surface area (Å²) in [4.78, 5) is 13.6. The molecule has 0 bridgehead atoms. The fraction of sp³-hybridized carbons (Fsp3) is 0. The van der Waals surface area contributed by atoms with Crippen molar-refractivity contribution in [3.05, 3.63) is 30.2 Å². The maximum absolute atomic E-state index is 10.3. The SMILES string of the molecule is Cl.NC(=O)/N=C(N)/C=C/c1ccco1. The van der Waals surface area contributed by atoms with E-state index in [4.69, 9.17) is 15.9 Å².